The summed E-state index contributed by atoms with van der Waals surface area (Å²) in [7, 11) is -2.01. The van der Waals surface area contributed by atoms with Gasteiger partial charge in [0.2, 0.25) is 5.91 Å². The maximum absolute atomic E-state index is 13.1. The Balaban J connectivity index is 1.50. The third kappa shape index (κ3) is 4.06. The van der Waals surface area contributed by atoms with Crippen molar-refractivity contribution in [1.82, 2.24) is 18.8 Å². The van der Waals surface area contributed by atoms with Crippen LogP contribution in [0.3, 0.4) is 0 Å². The molecule has 3 aliphatic rings. The highest BCUT2D eigenvalue weighted by atomic mass is 32.2. The second-order valence-electron chi connectivity index (χ2n) is 8.34. The van der Waals surface area contributed by atoms with Gasteiger partial charge in [-0.15, -0.1) is 0 Å². The average molecular weight is 434 g/mol. The molecule has 5 rings (SSSR count). The van der Waals surface area contributed by atoms with Gasteiger partial charge in [-0.2, -0.15) is 4.31 Å². The highest BCUT2D eigenvalue weighted by molar-refractivity contribution is 7.89. The molecule has 1 N–H and O–H groups in total. The third-order valence-electron chi connectivity index (χ3n) is 5.68. The van der Waals surface area contributed by atoms with Crippen molar-refractivity contribution in [1.29, 1.82) is 0 Å². The third-order valence-corrected chi connectivity index (χ3v) is 7.46. The van der Waals surface area contributed by atoms with Crippen molar-refractivity contribution in [3.63, 3.8) is 0 Å². The number of imidazole rings is 1. The first kappa shape index (κ1) is 20.8. The number of anilines is 1. The van der Waals surface area contributed by atoms with E-state index in [2.05, 4.69) is 15.3 Å². The predicted octanol–water partition coefficient (Wildman–Crippen LogP) is 2.03. The Labute approximate surface area is 176 Å². The molecule has 1 amide bonds. The van der Waals surface area contributed by atoms with Gasteiger partial charge < -0.3 is 14.6 Å². The fraction of sp³-hybridized carbons (Fsp3) is 0.550. The fourth-order valence-corrected chi connectivity index (χ4v) is 6.09. The minimum Gasteiger partial charge on any atom is -0.489 e. The molecule has 0 radical (unpaired) electrons. The number of nitrogens with zero attached hydrogens (tertiary/aromatic N) is 4. The van der Waals surface area contributed by atoms with Gasteiger partial charge in [0.05, 0.1) is 24.5 Å². The van der Waals surface area contributed by atoms with Crippen LogP contribution < -0.4 is 10.1 Å². The van der Waals surface area contributed by atoms with Gasteiger partial charge in [0.15, 0.2) is 5.03 Å². The molecule has 2 aromatic rings. The van der Waals surface area contributed by atoms with E-state index in [0.29, 0.717) is 31.0 Å². The van der Waals surface area contributed by atoms with Crippen molar-refractivity contribution in [2.45, 2.75) is 50.3 Å². The molecule has 2 saturated heterocycles. The number of fused-ring (bicyclic) bond motifs is 3. The number of sulfonamides is 1. The van der Waals surface area contributed by atoms with Crippen molar-refractivity contribution in [2.75, 3.05) is 11.9 Å². The van der Waals surface area contributed by atoms with Gasteiger partial charge in [0.25, 0.3) is 10.0 Å². The van der Waals surface area contributed by atoms with Crippen LogP contribution in [-0.2, 0) is 21.9 Å². The SMILES string of the molecule is CC(C)Oc1ccc(NC(=O)[C@@H]2C[C@@H]3CC[C@@H]2N(S(=O)(=O)c2cn(C)cn2)C3)nc1. The number of aryl methyl sites for hydroxylation is 1. The molecule has 3 fully saturated rings. The second kappa shape index (κ2) is 7.99. The monoisotopic (exact) mass is 433 g/mol. The van der Waals surface area contributed by atoms with Gasteiger partial charge in [0.1, 0.15) is 11.6 Å². The first-order chi connectivity index (χ1) is 14.2. The second-order valence-corrected chi connectivity index (χ2v) is 10.2. The number of carbonyl (C=O) groups is 1. The summed E-state index contributed by atoms with van der Waals surface area (Å²) in [5.41, 5.74) is 0. The Kier molecular flexibility index (Phi) is 5.54. The predicted molar refractivity (Wildman–Crippen MR) is 110 cm³/mol. The first-order valence-electron chi connectivity index (χ1n) is 10.2. The number of pyridine rings is 1. The van der Waals surface area contributed by atoms with Crippen LogP contribution >= 0.6 is 0 Å². The summed E-state index contributed by atoms with van der Waals surface area (Å²) in [5.74, 6) is 0.614. The van der Waals surface area contributed by atoms with Gasteiger partial charge in [-0.05, 0) is 51.2 Å². The van der Waals surface area contributed by atoms with Crippen LogP contribution in [0.25, 0.3) is 0 Å². The number of hydrogen-bond acceptors (Lipinski definition) is 6. The van der Waals surface area contributed by atoms with Gasteiger partial charge in [-0.1, -0.05) is 0 Å². The summed E-state index contributed by atoms with van der Waals surface area (Å²) < 4.78 is 34.9. The van der Waals surface area contributed by atoms with E-state index in [9.17, 15) is 13.2 Å². The van der Waals surface area contributed by atoms with Crippen molar-refractivity contribution in [2.24, 2.45) is 18.9 Å². The molecule has 162 valence electrons. The molecule has 10 heteroatoms. The number of amides is 1. The van der Waals surface area contributed by atoms with E-state index in [1.807, 2.05) is 13.8 Å². The normalized spacial score (nSPS) is 24.2. The Bertz CT molecular complexity index is 1020. The molecule has 2 bridgehead atoms. The van der Waals surface area contributed by atoms with Crippen LogP contribution in [0.15, 0.2) is 35.9 Å². The van der Waals surface area contributed by atoms with Crippen LogP contribution in [0.2, 0.25) is 0 Å². The number of ether oxygens (including phenoxy) is 1. The summed E-state index contributed by atoms with van der Waals surface area (Å²) in [4.78, 5) is 21.3. The zero-order chi connectivity index (χ0) is 21.5. The Morgan fingerprint density at radius 1 is 1.27 bits per heavy atom. The lowest BCUT2D eigenvalue weighted by atomic mass is 9.73. The molecule has 0 spiro atoms. The largest absolute Gasteiger partial charge is 0.489 e. The molecule has 1 aliphatic carbocycles. The maximum atomic E-state index is 13.1. The molecule has 1 saturated carbocycles. The van der Waals surface area contributed by atoms with Crippen LogP contribution in [-0.4, -0.2) is 51.9 Å². The van der Waals surface area contributed by atoms with Gasteiger partial charge >= 0.3 is 0 Å². The zero-order valence-electron chi connectivity index (χ0n) is 17.4. The van der Waals surface area contributed by atoms with Gasteiger partial charge in [0, 0.05) is 25.8 Å². The average Bonchev–Trinajstić information content (AvgIpc) is 3.16. The molecule has 0 aromatic carbocycles. The fourth-order valence-electron chi connectivity index (χ4n) is 4.36. The molecule has 9 nitrogen and oxygen atoms in total. The highest BCUT2D eigenvalue weighted by Crippen LogP contribution is 2.42. The van der Waals surface area contributed by atoms with E-state index in [1.54, 1.807) is 29.9 Å². The number of aromatic nitrogens is 3. The van der Waals surface area contributed by atoms with Crippen molar-refractivity contribution < 1.29 is 17.9 Å². The van der Waals surface area contributed by atoms with E-state index in [0.717, 1.165) is 6.42 Å². The van der Waals surface area contributed by atoms with Crippen LogP contribution in [0, 0.1) is 11.8 Å². The minimum atomic E-state index is -3.74. The van der Waals surface area contributed by atoms with Crippen LogP contribution in [0.4, 0.5) is 5.82 Å². The standard InChI is InChI=1S/C20H27N5O4S/c1-13(2)29-15-5-7-18(21-9-15)23-20(26)16-8-14-4-6-17(16)25(10-14)30(27,28)19-11-24(3)12-22-19/h5,7,9,11-14,16-17H,4,6,8,10H2,1-3H3,(H,21,23,26)/t14-,16+,17-/m0/s1. The van der Waals surface area contributed by atoms with Gasteiger partial charge in [-0.3, -0.25) is 4.79 Å². The Morgan fingerprint density at radius 2 is 2.07 bits per heavy atom. The lowest BCUT2D eigenvalue weighted by Crippen LogP contribution is -2.57. The quantitative estimate of drug-likeness (QED) is 0.747. The summed E-state index contributed by atoms with van der Waals surface area (Å²) >= 11 is 0. The topological polar surface area (TPSA) is 106 Å². The van der Waals surface area contributed by atoms with Gasteiger partial charge in [-0.25, -0.2) is 18.4 Å². The number of hydrogen-bond donors (Lipinski definition) is 1. The lowest BCUT2D eigenvalue weighted by Gasteiger charge is -2.47. The zero-order valence-corrected chi connectivity index (χ0v) is 18.2. The molecule has 2 aliphatic heterocycles. The maximum Gasteiger partial charge on any atom is 0.262 e. The van der Waals surface area contributed by atoms with Crippen molar-refractivity contribution in [3.8, 4) is 5.75 Å². The number of rotatable bonds is 6. The van der Waals surface area contributed by atoms with E-state index < -0.39 is 15.9 Å². The molecular weight excluding hydrogens is 406 g/mol. The Morgan fingerprint density at radius 3 is 2.67 bits per heavy atom. The summed E-state index contributed by atoms with van der Waals surface area (Å²) in [6, 6.07) is 3.08. The first-order valence-corrected chi connectivity index (χ1v) is 11.6. The van der Waals surface area contributed by atoms with E-state index in [1.165, 1.54) is 16.8 Å². The van der Waals surface area contributed by atoms with Crippen LogP contribution in [0.5, 0.6) is 5.75 Å². The molecule has 0 unspecified atom stereocenters. The van der Waals surface area contributed by atoms with E-state index in [-0.39, 0.29) is 29.0 Å². The number of nitrogens with one attached hydrogen (secondary N) is 1. The molecule has 30 heavy (non-hydrogen) atoms. The van der Waals surface area contributed by atoms with E-state index >= 15 is 0 Å². The number of piperidine rings is 2. The lowest BCUT2D eigenvalue weighted by molar-refractivity contribution is -0.125. The molecular formula is C20H27N5O4S. The van der Waals surface area contributed by atoms with E-state index in [4.69, 9.17) is 4.74 Å². The van der Waals surface area contributed by atoms with Crippen molar-refractivity contribution >= 4 is 21.7 Å². The summed E-state index contributed by atoms with van der Waals surface area (Å²) in [5, 5.41) is 2.87. The highest BCUT2D eigenvalue weighted by Gasteiger charge is 2.49. The smallest absolute Gasteiger partial charge is 0.262 e. The van der Waals surface area contributed by atoms with Crippen molar-refractivity contribution in [3.05, 3.63) is 30.9 Å². The summed E-state index contributed by atoms with van der Waals surface area (Å²) in [6.45, 7) is 4.30. The molecule has 4 heterocycles. The number of carbonyl (C=O) groups excluding carboxylic acids is 1. The van der Waals surface area contributed by atoms with Crippen LogP contribution in [0.1, 0.15) is 33.1 Å². The molecule has 3 atom stereocenters. The Hall–Kier alpha value is -2.46. The summed E-state index contributed by atoms with van der Waals surface area (Å²) in [6.07, 6.45) is 6.86. The molecule has 2 aromatic heterocycles. The minimum absolute atomic E-state index is 0.0270.